The van der Waals surface area contributed by atoms with Gasteiger partial charge in [-0.2, -0.15) is 0 Å². The number of carbonyl (C=O) groups excluding carboxylic acids is 1. The second-order valence-electron chi connectivity index (χ2n) is 5.22. The summed E-state index contributed by atoms with van der Waals surface area (Å²) < 4.78 is 2.05. The van der Waals surface area contributed by atoms with Crippen LogP contribution in [0.3, 0.4) is 0 Å². The third kappa shape index (κ3) is 2.63. The van der Waals surface area contributed by atoms with Gasteiger partial charge in [-0.15, -0.1) is 0 Å². The van der Waals surface area contributed by atoms with Crippen molar-refractivity contribution in [1.29, 1.82) is 0 Å². The first-order chi connectivity index (χ1) is 10.7. The molecular formula is C18H17N3O. The average molecular weight is 291 g/mol. The first kappa shape index (κ1) is 14.1. The quantitative estimate of drug-likeness (QED) is 0.803. The van der Waals surface area contributed by atoms with Crippen molar-refractivity contribution in [3.63, 3.8) is 0 Å². The van der Waals surface area contributed by atoms with Crippen LogP contribution in [0.5, 0.6) is 0 Å². The Bertz CT molecular complexity index is 792. The number of pyridine rings is 1. The largest absolute Gasteiger partial charge is 0.366 e. The zero-order valence-electron chi connectivity index (χ0n) is 12.4. The third-order valence-electron chi connectivity index (χ3n) is 3.78. The molecule has 4 nitrogen and oxygen atoms in total. The number of amides is 1. The van der Waals surface area contributed by atoms with Gasteiger partial charge in [-0.1, -0.05) is 30.3 Å². The van der Waals surface area contributed by atoms with E-state index in [4.69, 9.17) is 5.73 Å². The summed E-state index contributed by atoms with van der Waals surface area (Å²) in [7, 11) is 0. The molecule has 2 heterocycles. The van der Waals surface area contributed by atoms with Crippen molar-refractivity contribution in [1.82, 2.24) is 9.55 Å². The van der Waals surface area contributed by atoms with Gasteiger partial charge in [0.2, 0.25) is 0 Å². The number of nitrogens with zero attached hydrogens (tertiary/aromatic N) is 2. The van der Waals surface area contributed by atoms with Crippen molar-refractivity contribution in [2.45, 2.75) is 13.5 Å². The van der Waals surface area contributed by atoms with Crippen molar-refractivity contribution < 1.29 is 4.79 Å². The van der Waals surface area contributed by atoms with Gasteiger partial charge in [0.05, 0.1) is 5.56 Å². The molecule has 4 heteroatoms. The van der Waals surface area contributed by atoms with Gasteiger partial charge in [-0.05, 0) is 30.2 Å². The van der Waals surface area contributed by atoms with E-state index in [1.54, 1.807) is 12.4 Å². The Morgan fingerprint density at radius 3 is 2.45 bits per heavy atom. The van der Waals surface area contributed by atoms with Gasteiger partial charge >= 0.3 is 0 Å². The second-order valence-corrected chi connectivity index (χ2v) is 5.22. The molecule has 0 saturated heterocycles. The van der Waals surface area contributed by atoms with Gasteiger partial charge in [0.25, 0.3) is 5.91 Å². The van der Waals surface area contributed by atoms with Gasteiger partial charge in [0.1, 0.15) is 0 Å². The fourth-order valence-corrected chi connectivity index (χ4v) is 2.65. The molecule has 1 amide bonds. The number of carbonyl (C=O) groups is 1. The topological polar surface area (TPSA) is 60.9 Å². The summed E-state index contributed by atoms with van der Waals surface area (Å²) in [6.07, 6.45) is 5.52. The fraction of sp³-hybridized carbons (Fsp3) is 0.111. The predicted molar refractivity (Wildman–Crippen MR) is 86.5 cm³/mol. The van der Waals surface area contributed by atoms with Crippen LogP contribution in [0.25, 0.3) is 11.1 Å². The predicted octanol–water partition coefficient (Wildman–Crippen LogP) is 3.01. The van der Waals surface area contributed by atoms with E-state index in [1.807, 2.05) is 55.6 Å². The Labute approximate surface area is 129 Å². The van der Waals surface area contributed by atoms with Crippen LogP contribution >= 0.6 is 0 Å². The van der Waals surface area contributed by atoms with E-state index in [1.165, 1.54) is 0 Å². The molecule has 22 heavy (non-hydrogen) atoms. The molecule has 0 fully saturated rings. The highest BCUT2D eigenvalue weighted by molar-refractivity contribution is 6.01. The van der Waals surface area contributed by atoms with Gasteiger partial charge < -0.3 is 10.3 Å². The molecule has 0 aliphatic rings. The first-order valence-electron chi connectivity index (χ1n) is 7.10. The Balaban J connectivity index is 2.08. The second kappa shape index (κ2) is 5.85. The maximum Gasteiger partial charge on any atom is 0.251 e. The summed E-state index contributed by atoms with van der Waals surface area (Å²) in [4.78, 5) is 15.9. The molecule has 0 aliphatic heterocycles. The van der Waals surface area contributed by atoms with Crippen LogP contribution in [0, 0.1) is 6.92 Å². The van der Waals surface area contributed by atoms with Crippen molar-refractivity contribution in [3.8, 4) is 11.1 Å². The van der Waals surface area contributed by atoms with E-state index in [-0.39, 0.29) is 0 Å². The van der Waals surface area contributed by atoms with Crippen molar-refractivity contribution in [2.75, 3.05) is 0 Å². The number of hydrogen-bond donors (Lipinski definition) is 1. The Hall–Kier alpha value is -2.88. The van der Waals surface area contributed by atoms with Crippen molar-refractivity contribution in [2.24, 2.45) is 5.73 Å². The van der Waals surface area contributed by atoms with Crippen LogP contribution in [-0.2, 0) is 6.54 Å². The van der Waals surface area contributed by atoms with Crippen LogP contribution in [0.1, 0.15) is 21.6 Å². The third-order valence-corrected chi connectivity index (χ3v) is 3.78. The van der Waals surface area contributed by atoms with Crippen LogP contribution in [0.2, 0.25) is 0 Å². The van der Waals surface area contributed by atoms with Crippen molar-refractivity contribution in [3.05, 3.63) is 77.9 Å². The summed E-state index contributed by atoms with van der Waals surface area (Å²) in [5, 5.41) is 0. The lowest BCUT2D eigenvalue weighted by Crippen LogP contribution is -2.13. The molecule has 3 aromatic rings. The van der Waals surface area contributed by atoms with Gasteiger partial charge in [0, 0.05) is 36.4 Å². The smallest absolute Gasteiger partial charge is 0.251 e. The standard InChI is InChI=1S/C18H17N3O/c1-13-17(18(19)22)16(15-5-3-2-4-6-15)12-21(13)11-14-7-9-20-10-8-14/h2-10,12H,11H2,1H3,(H2,19,22). The van der Waals surface area contributed by atoms with Crippen LogP contribution in [0.15, 0.2) is 61.1 Å². The summed E-state index contributed by atoms with van der Waals surface area (Å²) >= 11 is 0. The Kier molecular flexibility index (Phi) is 3.74. The van der Waals surface area contributed by atoms with Crippen LogP contribution < -0.4 is 5.73 Å². The van der Waals surface area contributed by atoms with E-state index in [9.17, 15) is 4.79 Å². The van der Waals surface area contributed by atoms with Crippen LogP contribution in [-0.4, -0.2) is 15.5 Å². The zero-order valence-corrected chi connectivity index (χ0v) is 12.4. The molecule has 3 rings (SSSR count). The molecule has 2 N–H and O–H groups in total. The highest BCUT2D eigenvalue weighted by Crippen LogP contribution is 2.28. The molecule has 0 bridgehead atoms. The average Bonchev–Trinajstić information content (AvgIpc) is 2.86. The molecule has 110 valence electrons. The number of rotatable bonds is 4. The molecule has 0 atom stereocenters. The lowest BCUT2D eigenvalue weighted by atomic mass is 10.0. The van der Waals surface area contributed by atoms with E-state index in [0.717, 1.165) is 22.4 Å². The van der Waals surface area contributed by atoms with Crippen molar-refractivity contribution >= 4 is 5.91 Å². The SMILES string of the molecule is Cc1c(C(N)=O)c(-c2ccccc2)cn1Cc1ccncc1. The molecule has 0 spiro atoms. The van der Waals surface area contributed by atoms with Crippen LogP contribution in [0.4, 0.5) is 0 Å². The highest BCUT2D eigenvalue weighted by atomic mass is 16.1. The lowest BCUT2D eigenvalue weighted by Gasteiger charge is -2.06. The van der Waals surface area contributed by atoms with E-state index < -0.39 is 5.91 Å². The van der Waals surface area contributed by atoms with Gasteiger partial charge in [-0.3, -0.25) is 9.78 Å². The molecule has 0 saturated carbocycles. The normalized spacial score (nSPS) is 10.6. The molecule has 1 aromatic carbocycles. The van der Waals surface area contributed by atoms with Gasteiger partial charge in [0.15, 0.2) is 0 Å². The first-order valence-corrected chi connectivity index (χ1v) is 7.10. The lowest BCUT2D eigenvalue weighted by molar-refractivity contribution is 0.1000. The zero-order chi connectivity index (χ0) is 15.5. The van der Waals surface area contributed by atoms with E-state index in [2.05, 4.69) is 9.55 Å². The summed E-state index contributed by atoms with van der Waals surface area (Å²) in [5.74, 6) is -0.398. The maximum atomic E-state index is 11.9. The summed E-state index contributed by atoms with van der Waals surface area (Å²) in [6.45, 7) is 2.61. The number of benzene rings is 1. The molecule has 0 radical (unpaired) electrons. The minimum absolute atomic E-state index is 0.398. The van der Waals surface area contributed by atoms with Gasteiger partial charge in [-0.25, -0.2) is 0 Å². The minimum Gasteiger partial charge on any atom is -0.366 e. The number of primary amides is 1. The molecule has 0 unspecified atom stereocenters. The number of hydrogen-bond acceptors (Lipinski definition) is 2. The van der Waals surface area contributed by atoms with E-state index >= 15 is 0 Å². The number of nitrogens with two attached hydrogens (primary N) is 1. The maximum absolute atomic E-state index is 11.9. The summed E-state index contributed by atoms with van der Waals surface area (Å²) in [6, 6.07) is 13.8. The minimum atomic E-state index is -0.398. The highest BCUT2D eigenvalue weighted by Gasteiger charge is 2.18. The molecular weight excluding hydrogens is 274 g/mol. The molecule has 2 aromatic heterocycles. The summed E-state index contributed by atoms with van der Waals surface area (Å²) in [5.41, 5.74) is 10.1. The molecule has 0 aliphatic carbocycles. The monoisotopic (exact) mass is 291 g/mol. The fourth-order valence-electron chi connectivity index (χ4n) is 2.65. The van der Waals surface area contributed by atoms with E-state index in [0.29, 0.717) is 12.1 Å². The number of aromatic nitrogens is 2. The Morgan fingerprint density at radius 2 is 1.82 bits per heavy atom. The Morgan fingerprint density at radius 1 is 1.14 bits per heavy atom.